The van der Waals surface area contributed by atoms with Gasteiger partial charge >= 0.3 is 0 Å². The maximum atomic E-state index is 11.2. The van der Waals surface area contributed by atoms with E-state index < -0.39 is 6.10 Å². The fourth-order valence-electron chi connectivity index (χ4n) is 1.92. The van der Waals surface area contributed by atoms with E-state index in [2.05, 4.69) is 5.73 Å². The number of nitrogens with two attached hydrogens (primary N) is 1. The molecule has 0 aromatic carbocycles. The Balaban J connectivity index is 0. The lowest BCUT2D eigenvalue weighted by Gasteiger charge is -2.25. The van der Waals surface area contributed by atoms with Crippen molar-refractivity contribution < 1.29 is 9.90 Å². The molecule has 1 fully saturated rings. The normalized spacial score (nSPS) is 17.4. The van der Waals surface area contributed by atoms with Crippen LogP contribution in [0.1, 0.15) is 59.3 Å². The van der Waals surface area contributed by atoms with Crippen LogP contribution in [0.15, 0.2) is 0 Å². The third-order valence-corrected chi connectivity index (χ3v) is 2.77. The Morgan fingerprint density at radius 2 is 1.69 bits per heavy atom. The van der Waals surface area contributed by atoms with E-state index in [4.69, 9.17) is 0 Å². The van der Waals surface area contributed by atoms with E-state index in [1.807, 2.05) is 20.8 Å². The standard InChI is InChI=1S/C10H18O2.C2H6.CH5N/c1-2-9(11)10(12)8-6-4-3-5-7-8;2*1-2/h8,10,12H,2-7H2,1H3;1-2H3;2H2,1H3. The maximum Gasteiger partial charge on any atom is 0.161 e. The van der Waals surface area contributed by atoms with Crippen molar-refractivity contribution >= 4 is 5.78 Å². The van der Waals surface area contributed by atoms with E-state index in [0.717, 1.165) is 12.8 Å². The van der Waals surface area contributed by atoms with E-state index in [0.29, 0.717) is 6.42 Å². The van der Waals surface area contributed by atoms with Gasteiger partial charge in [0.25, 0.3) is 0 Å². The highest BCUT2D eigenvalue weighted by Gasteiger charge is 2.25. The molecule has 16 heavy (non-hydrogen) atoms. The van der Waals surface area contributed by atoms with Crippen molar-refractivity contribution in [3.05, 3.63) is 0 Å². The predicted octanol–water partition coefficient (Wildman–Crippen LogP) is 2.51. The van der Waals surface area contributed by atoms with Gasteiger partial charge in [0, 0.05) is 6.42 Å². The fourth-order valence-corrected chi connectivity index (χ4v) is 1.92. The molecule has 0 heterocycles. The molecule has 1 saturated carbocycles. The highest BCUT2D eigenvalue weighted by atomic mass is 16.3. The van der Waals surface area contributed by atoms with Gasteiger partial charge in [-0.1, -0.05) is 40.0 Å². The summed E-state index contributed by atoms with van der Waals surface area (Å²) in [5.74, 6) is 0.271. The van der Waals surface area contributed by atoms with Gasteiger partial charge in [0.1, 0.15) is 6.10 Å². The van der Waals surface area contributed by atoms with Crippen LogP contribution in [0, 0.1) is 5.92 Å². The quantitative estimate of drug-likeness (QED) is 0.784. The molecule has 0 amide bonds. The number of rotatable bonds is 3. The monoisotopic (exact) mass is 231 g/mol. The maximum absolute atomic E-state index is 11.2. The van der Waals surface area contributed by atoms with E-state index >= 15 is 0 Å². The number of aliphatic hydroxyl groups is 1. The summed E-state index contributed by atoms with van der Waals surface area (Å²) >= 11 is 0. The summed E-state index contributed by atoms with van der Waals surface area (Å²) in [5.41, 5.74) is 4.50. The van der Waals surface area contributed by atoms with Crippen molar-refractivity contribution in [3.8, 4) is 0 Å². The lowest BCUT2D eigenvalue weighted by molar-refractivity contribution is -0.130. The second kappa shape index (κ2) is 12.7. The molecule has 0 saturated heterocycles. The largest absolute Gasteiger partial charge is 0.385 e. The van der Waals surface area contributed by atoms with Crippen LogP contribution in [0.4, 0.5) is 0 Å². The average Bonchev–Trinajstić information content (AvgIpc) is 2.42. The molecule has 98 valence electrons. The molecule has 0 radical (unpaired) electrons. The Morgan fingerprint density at radius 1 is 1.25 bits per heavy atom. The molecule has 0 aromatic heterocycles. The first kappa shape index (κ1) is 18.0. The lowest BCUT2D eigenvalue weighted by atomic mass is 9.83. The van der Waals surface area contributed by atoms with Gasteiger partial charge in [-0.05, 0) is 25.8 Å². The minimum absolute atomic E-state index is 0.0156. The molecule has 3 nitrogen and oxygen atoms in total. The second-order valence-corrected chi connectivity index (χ2v) is 3.66. The van der Waals surface area contributed by atoms with Crippen molar-refractivity contribution in [2.45, 2.75) is 65.4 Å². The SMILES string of the molecule is CC.CCC(=O)C(O)C1CCCCC1.CN. The first-order valence-electron chi connectivity index (χ1n) is 6.54. The Hall–Kier alpha value is -0.410. The predicted molar refractivity (Wildman–Crippen MR) is 69.3 cm³/mol. The average molecular weight is 231 g/mol. The summed E-state index contributed by atoms with van der Waals surface area (Å²) < 4.78 is 0. The number of hydrogen-bond donors (Lipinski definition) is 2. The molecule has 0 bridgehead atoms. The van der Waals surface area contributed by atoms with Crippen molar-refractivity contribution in [2.24, 2.45) is 11.7 Å². The molecule has 3 heteroatoms. The molecule has 0 aliphatic heterocycles. The Kier molecular flexibility index (Phi) is 14.2. The van der Waals surface area contributed by atoms with Crippen LogP contribution in [0.25, 0.3) is 0 Å². The molecule has 1 aliphatic rings. The van der Waals surface area contributed by atoms with Gasteiger partial charge in [-0.2, -0.15) is 0 Å². The first-order chi connectivity index (χ1) is 7.75. The van der Waals surface area contributed by atoms with Crippen LogP contribution in [0.5, 0.6) is 0 Å². The molecular formula is C13H29NO2. The number of ketones is 1. The zero-order chi connectivity index (χ0) is 13.0. The van der Waals surface area contributed by atoms with E-state index in [9.17, 15) is 9.90 Å². The van der Waals surface area contributed by atoms with E-state index in [1.165, 1.54) is 26.3 Å². The minimum Gasteiger partial charge on any atom is -0.385 e. The molecule has 3 N–H and O–H groups in total. The number of carbonyl (C=O) groups is 1. The van der Waals surface area contributed by atoms with Crippen molar-refractivity contribution in [1.82, 2.24) is 0 Å². The first-order valence-corrected chi connectivity index (χ1v) is 6.54. The summed E-state index contributed by atoms with van der Waals surface area (Å²) in [7, 11) is 1.50. The lowest BCUT2D eigenvalue weighted by Crippen LogP contribution is -2.30. The van der Waals surface area contributed by atoms with Gasteiger partial charge in [0.15, 0.2) is 5.78 Å². The van der Waals surface area contributed by atoms with Gasteiger partial charge in [-0.3, -0.25) is 4.79 Å². The molecular weight excluding hydrogens is 202 g/mol. The van der Waals surface area contributed by atoms with E-state index in [1.54, 1.807) is 0 Å². The summed E-state index contributed by atoms with van der Waals surface area (Å²) in [6.45, 7) is 5.81. The van der Waals surface area contributed by atoms with Gasteiger partial charge in [-0.25, -0.2) is 0 Å². The smallest absolute Gasteiger partial charge is 0.161 e. The Bertz CT molecular complexity index is 154. The zero-order valence-electron chi connectivity index (χ0n) is 11.3. The number of carbonyl (C=O) groups excluding carboxylic acids is 1. The molecule has 1 unspecified atom stereocenters. The van der Waals surface area contributed by atoms with Crippen LogP contribution < -0.4 is 5.73 Å². The fraction of sp³-hybridized carbons (Fsp3) is 0.923. The topological polar surface area (TPSA) is 63.3 Å². The van der Waals surface area contributed by atoms with Crippen LogP contribution in [0.3, 0.4) is 0 Å². The Morgan fingerprint density at radius 3 is 2.06 bits per heavy atom. The van der Waals surface area contributed by atoms with Crippen molar-refractivity contribution in [3.63, 3.8) is 0 Å². The molecule has 0 spiro atoms. The minimum atomic E-state index is -0.671. The molecule has 1 rings (SSSR count). The highest BCUT2D eigenvalue weighted by molar-refractivity contribution is 5.82. The molecule has 1 aliphatic carbocycles. The third kappa shape index (κ3) is 6.96. The van der Waals surface area contributed by atoms with E-state index in [-0.39, 0.29) is 11.7 Å². The second-order valence-electron chi connectivity index (χ2n) is 3.66. The van der Waals surface area contributed by atoms with Crippen LogP contribution in [0.2, 0.25) is 0 Å². The zero-order valence-corrected chi connectivity index (χ0v) is 11.3. The van der Waals surface area contributed by atoms with Crippen LogP contribution in [-0.2, 0) is 4.79 Å². The van der Waals surface area contributed by atoms with Crippen molar-refractivity contribution in [2.75, 3.05) is 7.05 Å². The number of hydrogen-bond acceptors (Lipinski definition) is 3. The summed E-state index contributed by atoms with van der Waals surface area (Å²) in [4.78, 5) is 11.2. The van der Waals surface area contributed by atoms with Crippen LogP contribution in [-0.4, -0.2) is 24.0 Å². The number of aliphatic hydroxyl groups excluding tert-OH is 1. The highest BCUT2D eigenvalue weighted by Crippen LogP contribution is 2.27. The van der Waals surface area contributed by atoms with Crippen molar-refractivity contribution in [1.29, 1.82) is 0 Å². The summed E-state index contributed by atoms with van der Waals surface area (Å²) in [6.07, 6.45) is 5.49. The summed E-state index contributed by atoms with van der Waals surface area (Å²) in [5, 5.41) is 9.59. The van der Waals surface area contributed by atoms with Crippen LogP contribution >= 0.6 is 0 Å². The Labute approximate surface area is 100 Å². The molecule has 1 atom stereocenters. The third-order valence-electron chi connectivity index (χ3n) is 2.77. The van der Waals surface area contributed by atoms with Gasteiger partial charge in [0.2, 0.25) is 0 Å². The van der Waals surface area contributed by atoms with Gasteiger partial charge in [0.05, 0.1) is 0 Å². The van der Waals surface area contributed by atoms with Gasteiger partial charge < -0.3 is 10.8 Å². The van der Waals surface area contributed by atoms with Gasteiger partial charge in [-0.15, -0.1) is 0 Å². The molecule has 0 aromatic rings. The summed E-state index contributed by atoms with van der Waals surface area (Å²) in [6, 6.07) is 0. The number of Topliss-reactive ketones (excluding diaryl/α,β-unsaturated/α-hetero) is 1.